The van der Waals surface area contributed by atoms with Gasteiger partial charge >= 0.3 is 12.4 Å². The molecule has 0 aliphatic heterocycles. The van der Waals surface area contributed by atoms with Crippen LogP contribution in [0.3, 0.4) is 0 Å². The smallest absolute Gasteiger partial charge is 0.317 e. The van der Waals surface area contributed by atoms with Gasteiger partial charge in [-0.25, -0.2) is 13.2 Å². The molecule has 0 bridgehead atoms. The van der Waals surface area contributed by atoms with Gasteiger partial charge in [0, 0.05) is 5.92 Å². The summed E-state index contributed by atoms with van der Waals surface area (Å²) < 4.78 is 124. The number of rotatable bonds is 6. The molecule has 0 saturated carbocycles. The molecule has 39 heavy (non-hydrogen) atoms. The zero-order chi connectivity index (χ0) is 28.6. The molecule has 0 saturated heterocycles. The van der Waals surface area contributed by atoms with E-state index < -0.39 is 52.4 Å². The highest BCUT2D eigenvalue weighted by Gasteiger charge is 2.42. The Kier molecular flexibility index (Phi) is 7.53. The van der Waals surface area contributed by atoms with E-state index >= 15 is 0 Å². The molecule has 0 heterocycles. The predicted octanol–water partition coefficient (Wildman–Crippen LogP) is 8.37. The molecule has 0 fully saturated rings. The quantitative estimate of drug-likeness (QED) is 0.239. The number of halogens is 9. The van der Waals surface area contributed by atoms with Crippen LogP contribution in [0.4, 0.5) is 39.5 Å². The Labute approximate surface area is 217 Å². The molecule has 2 N–H and O–H groups in total. The molecule has 2 unspecified atom stereocenters. The Bertz CT molecular complexity index is 1440. The molecule has 4 rings (SSSR count). The predicted molar refractivity (Wildman–Crippen MR) is 127 cm³/mol. The molecule has 4 aromatic rings. The zero-order valence-electron chi connectivity index (χ0n) is 19.9. The van der Waals surface area contributed by atoms with Crippen LogP contribution < -0.4 is 5.73 Å². The number of benzene rings is 4. The van der Waals surface area contributed by atoms with Gasteiger partial charge in [-0.05, 0) is 71.1 Å². The SMILES string of the molecule is NC(c1ccc(F)cc1)(c1cc(F)cc(C(F)(F)F)c1)C(Cc1ccc(F)c(C(F)(F)F)c1)c1ccccc1. The minimum atomic E-state index is -5.01. The molecule has 10 heteroatoms. The highest BCUT2D eigenvalue weighted by atomic mass is 19.4. The van der Waals surface area contributed by atoms with Gasteiger partial charge in [0.2, 0.25) is 0 Å². The average Bonchev–Trinajstić information content (AvgIpc) is 2.87. The summed E-state index contributed by atoms with van der Waals surface area (Å²) in [4.78, 5) is 0. The third-order valence-electron chi connectivity index (χ3n) is 6.55. The number of hydrogen-bond donors (Lipinski definition) is 1. The van der Waals surface area contributed by atoms with Crippen molar-refractivity contribution in [1.29, 1.82) is 0 Å². The molecule has 0 aliphatic rings. The zero-order valence-corrected chi connectivity index (χ0v) is 19.9. The van der Waals surface area contributed by atoms with E-state index in [1.807, 2.05) is 0 Å². The molecule has 4 aromatic carbocycles. The van der Waals surface area contributed by atoms with Crippen LogP contribution in [-0.4, -0.2) is 0 Å². The number of alkyl halides is 6. The van der Waals surface area contributed by atoms with Gasteiger partial charge in [-0.2, -0.15) is 26.3 Å². The van der Waals surface area contributed by atoms with Crippen molar-refractivity contribution in [3.05, 3.63) is 142 Å². The van der Waals surface area contributed by atoms with Crippen molar-refractivity contribution < 1.29 is 39.5 Å². The summed E-state index contributed by atoms with van der Waals surface area (Å²) in [5.41, 5.74) is 2.13. The lowest BCUT2D eigenvalue weighted by Gasteiger charge is -2.40. The van der Waals surface area contributed by atoms with Crippen molar-refractivity contribution >= 4 is 0 Å². The van der Waals surface area contributed by atoms with Gasteiger partial charge in [0.1, 0.15) is 17.5 Å². The second-order valence-electron chi connectivity index (χ2n) is 9.08. The summed E-state index contributed by atoms with van der Waals surface area (Å²) in [5, 5.41) is 0. The molecular formula is C29H20F9N. The first kappa shape index (κ1) is 28.2. The van der Waals surface area contributed by atoms with E-state index in [-0.39, 0.29) is 23.1 Å². The van der Waals surface area contributed by atoms with E-state index in [9.17, 15) is 39.5 Å². The maximum absolute atomic E-state index is 14.6. The van der Waals surface area contributed by atoms with E-state index in [4.69, 9.17) is 5.73 Å². The Morgan fingerprint density at radius 3 is 1.79 bits per heavy atom. The third-order valence-corrected chi connectivity index (χ3v) is 6.55. The molecule has 1 nitrogen and oxygen atoms in total. The van der Waals surface area contributed by atoms with Crippen molar-refractivity contribution in [1.82, 2.24) is 0 Å². The van der Waals surface area contributed by atoms with E-state index in [1.54, 1.807) is 30.3 Å². The Morgan fingerprint density at radius 2 is 1.21 bits per heavy atom. The highest BCUT2D eigenvalue weighted by molar-refractivity contribution is 5.47. The highest BCUT2D eigenvalue weighted by Crippen LogP contribution is 2.45. The fourth-order valence-corrected chi connectivity index (χ4v) is 4.67. The molecule has 0 amide bonds. The first-order valence-electron chi connectivity index (χ1n) is 11.5. The van der Waals surface area contributed by atoms with Gasteiger partial charge in [0.25, 0.3) is 0 Å². The second kappa shape index (κ2) is 10.4. The molecule has 2 atom stereocenters. The van der Waals surface area contributed by atoms with Crippen LogP contribution in [0.5, 0.6) is 0 Å². The monoisotopic (exact) mass is 553 g/mol. The van der Waals surface area contributed by atoms with Crippen molar-refractivity contribution in [2.75, 3.05) is 0 Å². The summed E-state index contributed by atoms with van der Waals surface area (Å²) in [5.74, 6) is -4.54. The summed E-state index contributed by atoms with van der Waals surface area (Å²) >= 11 is 0. The maximum atomic E-state index is 14.6. The number of nitrogens with two attached hydrogens (primary N) is 1. The van der Waals surface area contributed by atoms with Crippen LogP contribution in [0.15, 0.2) is 91.0 Å². The Morgan fingerprint density at radius 1 is 0.590 bits per heavy atom. The summed E-state index contributed by atoms with van der Waals surface area (Å²) in [6.45, 7) is 0. The van der Waals surface area contributed by atoms with Crippen molar-refractivity contribution in [2.45, 2.75) is 30.2 Å². The molecule has 0 radical (unpaired) electrons. The lowest BCUT2D eigenvalue weighted by atomic mass is 9.68. The van der Waals surface area contributed by atoms with Gasteiger partial charge in [-0.3, -0.25) is 0 Å². The normalized spacial score (nSPS) is 14.6. The fraction of sp³-hybridized carbons (Fsp3) is 0.172. The van der Waals surface area contributed by atoms with Crippen LogP contribution >= 0.6 is 0 Å². The average molecular weight is 553 g/mol. The van der Waals surface area contributed by atoms with E-state index in [1.165, 1.54) is 12.1 Å². The summed E-state index contributed by atoms with van der Waals surface area (Å²) in [7, 11) is 0. The van der Waals surface area contributed by atoms with Gasteiger partial charge in [-0.15, -0.1) is 0 Å². The Balaban J connectivity index is 2.00. The van der Waals surface area contributed by atoms with Crippen LogP contribution in [-0.2, 0) is 24.3 Å². The summed E-state index contributed by atoms with van der Waals surface area (Å²) in [6.07, 6.45) is -10.3. The van der Waals surface area contributed by atoms with Crippen molar-refractivity contribution in [3.8, 4) is 0 Å². The molecular weight excluding hydrogens is 533 g/mol. The first-order valence-corrected chi connectivity index (χ1v) is 11.5. The molecule has 0 aromatic heterocycles. The lowest BCUT2D eigenvalue weighted by molar-refractivity contribution is -0.140. The molecule has 0 spiro atoms. The topological polar surface area (TPSA) is 26.0 Å². The van der Waals surface area contributed by atoms with Gasteiger partial charge in [0.15, 0.2) is 0 Å². The molecule has 0 aliphatic carbocycles. The van der Waals surface area contributed by atoms with Gasteiger partial charge in [0.05, 0.1) is 16.7 Å². The Hall–Kier alpha value is -3.79. The second-order valence-corrected chi connectivity index (χ2v) is 9.08. The van der Waals surface area contributed by atoms with Gasteiger partial charge in [-0.1, -0.05) is 48.5 Å². The van der Waals surface area contributed by atoms with Crippen molar-refractivity contribution in [3.63, 3.8) is 0 Å². The van der Waals surface area contributed by atoms with Crippen LogP contribution in [0.25, 0.3) is 0 Å². The van der Waals surface area contributed by atoms with E-state index in [0.717, 1.165) is 24.3 Å². The van der Waals surface area contributed by atoms with E-state index in [0.29, 0.717) is 29.8 Å². The lowest BCUT2D eigenvalue weighted by Crippen LogP contribution is -2.45. The number of hydrogen-bond acceptors (Lipinski definition) is 1. The largest absolute Gasteiger partial charge is 0.419 e. The van der Waals surface area contributed by atoms with Crippen LogP contribution in [0, 0.1) is 17.5 Å². The third kappa shape index (κ3) is 5.95. The standard InChI is InChI=1S/C29H20F9N/c30-22-9-7-19(8-10-22)27(39,20-14-21(28(33,34)35)16-23(31)15-20)24(18-4-2-1-3-5-18)12-17-6-11-26(32)25(13-17)29(36,37)38/h1-11,13-16,24H,12,39H2. The molecule has 204 valence electrons. The van der Waals surface area contributed by atoms with E-state index in [2.05, 4.69) is 0 Å². The first-order chi connectivity index (χ1) is 18.2. The van der Waals surface area contributed by atoms with Crippen LogP contribution in [0.2, 0.25) is 0 Å². The maximum Gasteiger partial charge on any atom is 0.419 e. The minimum absolute atomic E-state index is 0.0260. The fourth-order valence-electron chi connectivity index (χ4n) is 4.67. The minimum Gasteiger partial charge on any atom is -0.317 e. The summed E-state index contributed by atoms with van der Waals surface area (Å²) in [6, 6.07) is 16.5. The van der Waals surface area contributed by atoms with Crippen LogP contribution in [0.1, 0.15) is 39.3 Å². The van der Waals surface area contributed by atoms with Gasteiger partial charge < -0.3 is 5.73 Å². The van der Waals surface area contributed by atoms with Crippen molar-refractivity contribution in [2.24, 2.45) is 5.73 Å².